The van der Waals surface area contributed by atoms with Crippen molar-refractivity contribution < 1.29 is 19.2 Å². The maximum Gasteiger partial charge on any atom is 0.406 e. The van der Waals surface area contributed by atoms with Gasteiger partial charge in [-0.25, -0.2) is 0 Å². The first-order chi connectivity index (χ1) is 11.0. The van der Waals surface area contributed by atoms with Crippen LogP contribution in [0, 0.1) is 17.0 Å². The molecule has 0 aliphatic heterocycles. The second kappa shape index (κ2) is 7.21. The maximum absolute atomic E-state index is 12.0. The molecule has 23 heavy (non-hydrogen) atoms. The van der Waals surface area contributed by atoms with E-state index in [1.807, 2.05) is 13.0 Å². The highest BCUT2D eigenvalue weighted by molar-refractivity contribution is 5.93. The first kappa shape index (κ1) is 16.2. The number of amides is 1. The van der Waals surface area contributed by atoms with Gasteiger partial charge in [-0.2, -0.15) is 0 Å². The summed E-state index contributed by atoms with van der Waals surface area (Å²) in [4.78, 5) is 25.7. The number of rotatable bonds is 6. The van der Waals surface area contributed by atoms with Crippen LogP contribution in [0.5, 0.6) is 11.5 Å². The second-order valence-electron chi connectivity index (χ2n) is 4.62. The molecule has 1 N–H and O–H groups in total. The summed E-state index contributed by atoms with van der Waals surface area (Å²) < 4.78 is 10.3. The number of nitrogens with one attached hydrogen (secondary N) is 1. The zero-order valence-electron chi connectivity index (χ0n) is 12.6. The molecule has 0 unspecified atom stereocenters. The van der Waals surface area contributed by atoms with E-state index in [4.69, 9.17) is 9.47 Å². The highest BCUT2D eigenvalue weighted by atomic mass is 16.6. The number of nitro groups is 1. The molecule has 8 nitrogen and oxygen atoms in total. The topological polar surface area (TPSA) is 104 Å². The minimum atomic E-state index is -0.670. The molecule has 120 valence electrons. The smallest absolute Gasteiger partial charge is 0.406 e. The van der Waals surface area contributed by atoms with Crippen molar-refractivity contribution in [1.82, 2.24) is 4.98 Å². The van der Waals surface area contributed by atoms with Gasteiger partial charge in [0.05, 0.1) is 12.8 Å². The van der Waals surface area contributed by atoms with Crippen LogP contribution in [0.3, 0.4) is 0 Å². The van der Waals surface area contributed by atoms with Crippen LogP contribution in [0.4, 0.5) is 11.5 Å². The highest BCUT2D eigenvalue weighted by Crippen LogP contribution is 2.26. The monoisotopic (exact) mass is 317 g/mol. The number of nitrogens with zero attached hydrogens (tertiary/aromatic N) is 2. The summed E-state index contributed by atoms with van der Waals surface area (Å²) in [6.07, 6.45) is 1.28. The number of methoxy groups -OCH3 is 1. The zero-order valence-corrected chi connectivity index (χ0v) is 12.6. The molecule has 2 rings (SSSR count). The number of anilines is 1. The number of hydrogen-bond acceptors (Lipinski definition) is 6. The van der Waals surface area contributed by atoms with Gasteiger partial charge in [0.25, 0.3) is 5.91 Å². The molecule has 2 aromatic rings. The van der Waals surface area contributed by atoms with E-state index in [0.717, 1.165) is 5.56 Å². The Morgan fingerprint density at radius 2 is 2.13 bits per heavy atom. The van der Waals surface area contributed by atoms with E-state index in [-0.39, 0.29) is 12.4 Å². The lowest BCUT2D eigenvalue weighted by molar-refractivity contribution is -0.390. The van der Waals surface area contributed by atoms with Gasteiger partial charge in [0, 0.05) is 0 Å². The van der Waals surface area contributed by atoms with Crippen molar-refractivity contribution in [2.45, 2.75) is 6.92 Å². The van der Waals surface area contributed by atoms with Gasteiger partial charge in [-0.15, -0.1) is 0 Å². The predicted molar refractivity (Wildman–Crippen MR) is 82.7 cm³/mol. The molecule has 1 aromatic heterocycles. The third-order valence-corrected chi connectivity index (χ3v) is 2.91. The normalized spacial score (nSPS) is 10.0. The van der Waals surface area contributed by atoms with Crippen LogP contribution in [0.2, 0.25) is 0 Å². The summed E-state index contributed by atoms with van der Waals surface area (Å²) in [5.74, 6) is -0.458. The van der Waals surface area contributed by atoms with Crippen molar-refractivity contribution in [1.29, 1.82) is 0 Å². The molecule has 1 amide bonds. The van der Waals surface area contributed by atoms with Gasteiger partial charge in [-0.05, 0) is 46.7 Å². The number of carbonyl (C=O) groups is 1. The lowest BCUT2D eigenvalue weighted by Gasteiger charge is -2.11. The summed E-state index contributed by atoms with van der Waals surface area (Å²) in [6.45, 7) is 1.49. The van der Waals surface area contributed by atoms with Crippen LogP contribution in [0.15, 0.2) is 36.5 Å². The molecule has 0 saturated carbocycles. The van der Waals surface area contributed by atoms with E-state index in [9.17, 15) is 14.9 Å². The first-order valence-corrected chi connectivity index (χ1v) is 6.68. The number of aryl methyl sites for hydroxylation is 1. The standard InChI is InChI=1S/C15H15N3O5/c1-10-5-6-12(22-2)11(8-10)17-14(19)9-23-13-4-3-7-16-15(13)18(20)21/h3-8H,9H2,1-2H3,(H,17,19). The fourth-order valence-electron chi connectivity index (χ4n) is 1.88. The van der Waals surface area contributed by atoms with Crippen molar-refractivity contribution in [2.75, 3.05) is 19.0 Å². The summed E-state index contributed by atoms with van der Waals surface area (Å²) in [5.41, 5.74) is 1.45. The van der Waals surface area contributed by atoms with Gasteiger partial charge >= 0.3 is 5.82 Å². The molecule has 0 atom stereocenters. The fourth-order valence-corrected chi connectivity index (χ4v) is 1.88. The number of hydrogen-bond donors (Lipinski definition) is 1. The second-order valence-corrected chi connectivity index (χ2v) is 4.62. The largest absolute Gasteiger partial charge is 0.495 e. The molecular weight excluding hydrogens is 302 g/mol. The van der Waals surface area contributed by atoms with Crippen LogP contribution in [-0.2, 0) is 4.79 Å². The SMILES string of the molecule is COc1ccc(C)cc1NC(=O)COc1cccnc1[N+](=O)[O-]. The van der Waals surface area contributed by atoms with Crippen molar-refractivity contribution in [3.8, 4) is 11.5 Å². The molecule has 0 aliphatic rings. The third-order valence-electron chi connectivity index (χ3n) is 2.91. The van der Waals surface area contributed by atoms with Crippen molar-refractivity contribution in [3.05, 3.63) is 52.2 Å². The van der Waals surface area contributed by atoms with Crippen molar-refractivity contribution in [2.24, 2.45) is 0 Å². The Hall–Kier alpha value is -3.16. The Balaban J connectivity index is 2.04. The molecule has 0 saturated heterocycles. The van der Waals surface area contributed by atoms with Crippen molar-refractivity contribution >= 4 is 17.4 Å². The number of benzene rings is 1. The van der Waals surface area contributed by atoms with Crippen molar-refractivity contribution in [3.63, 3.8) is 0 Å². The summed E-state index contributed by atoms with van der Waals surface area (Å²) in [5, 5.41) is 13.5. The van der Waals surface area contributed by atoms with Crippen LogP contribution >= 0.6 is 0 Å². The number of carbonyl (C=O) groups excluding carboxylic acids is 1. The minimum Gasteiger partial charge on any atom is -0.495 e. The Bertz CT molecular complexity index is 733. The Labute approximate surface area is 132 Å². The van der Waals surface area contributed by atoms with Gasteiger partial charge < -0.3 is 24.9 Å². The fraction of sp³-hybridized carbons (Fsp3) is 0.200. The van der Waals surface area contributed by atoms with Crippen LogP contribution in [0.25, 0.3) is 0 Å². The molecule has 0 bridgehead atoms. The molecular formula is C15H15N3O5. The molecule has 1 heterocycles. The van der Waals surface area contributed by atoms with E-state index in [2.05, 4.69) is 10.3 Å². The first-order valence-electron chi connectivity index (χ1n) is 6.68. The van der Waals surface area contributed by atoms with Crippen LogP contribution < -0.4 is 14.8 Å². The number of aromatic nitrogens is 1. The Kier molecular flexibility index (Phi) is 5.08. The van der Waals surface area contributed by atoms with Gasteiger partial charge in [-0.1, -0.05) is 6.07 Å². The minimum absolute atomic E-state index is 0.0659. The quantitative estimate of drug-likeness (QED) is 0.647. The summed E-state index contributed by atoms with van der Waals surface area (Å²) >= 11 is 0. The van der Waals surface area contributed by atoms with Crippen LogP contribution in [0.1, 0.15) is 5.56 Å². The van der Waals surface area contributed by atoms with Gasteiger partial charge in [0.2, 0.25) is 5.75 Å². The molecule has 1 aromatic carbocycles. The molecule has 0 radical (unpaired) electrons. The average molecular weight is 317 g/mol. The van der Waals surface area contributed by atoms with E-state index < -0.39 is 16.6 Å². The molecule has 8 heteroatoms. The number of pyridine rings is 1. The van der Waals surface area contributed by atoms with E-state index in [1.165, 1.54) is 25.4 Å². The predicted octanol–water partition coefficient (Wildman–Crippen LogP) is 2.32. The van der Waals surface area contributed by atoms with Gasteiger partial charge in [0.15, 0.2) is 6.61 Å². The Morgan fingerprint density at radius 1 is 1.35 bits per heavy atom. The zero-order chi connectivity index (χ0) is 16.8. The molecule has 0 spiro atoms. The molecule has 0 fully saturated rings. The third kappa shape index (κ3) is 4.16. The average Bonchev–Trinajstić information content (AvgIpc) is 2.53. The summed E-state index contributed by atoms with van der Waals surface area (Å²) in [7, 11) is 1.50. The molecule has 0 aliphatic carbocycles. The maximum atomic E-state index is 12.0. The lowest BCUT2D eigenvalue weighted by Crippen LogP contribution is -2.21. The van der Waals surface area contributed by atoms with Crippen LogP contribution in [-0.4, -0.2) is 29.5 Å². The lowest BCUT2D eigenvalue weighted by atomic mass is 10.2. The van der Waals surface area contributed by atoms with Gasteiger partial charge in [-0.3, -0.25) is 4.79 Å². The van der Waals surface area contributed by atoms with Gasteiger partial charge in [0.1, 0.15) is 11.9 Å². The van der Waals surface area contributed by atoms with E-state index >= 15 is 0 Å². The van der Waals surface area contributed by atoms with E-state index in [0.29, 0.717) is 11.4 Å². The summed E-state index contributed by atoms with van der Waals surface area (Å²) in [6, 6.07) is 8.21. The Morgan fingerprint density at radius 3 is 2.83 bits per heavy atom. The highest BCUT2D eigenvalue weighted by Gasteiger charge is 2.17. The number of ether oxygens (including phenoxy) is 2. The van der Waals surface area contributed by atoms with E-state index in [1.54, 1.807) is 12.1 Å².